The molecule has 1 saturated heterocycles. The maximum Gasteiger partial charge on any atom is 0.325 e. The lowest BCUT2D eigenvalue weighted by atomic mass is 10.0. The molecule has 0 saturated carbocycles. The van der Waals surface area contributed by atoms with Crippen LogP contribution in [0.5, 0.6) is 0 Å². The van der Waals surface area contributed by atoms with Crippen LogP contribution in [0.2, 0.25) is 0 Å². The van der Waals surface area contributed by atoms with Crippen LogP contribution in [0.1, 0.15) is 11.1 Å². The summed E-state index contributed by atoms with van der Waals surface area (Å²) in [5, 5.41) is 6.35. The highest BCUT2D eigenvalue weighted by Gasteiger charge is 2.28. The lowest BCUT2D eigenvalue weighted by Crippen LogP contribution is -2.37. The predicted molar refractivity (Wildman–Crippen MR) is 91.8 cm³/mol. The number of hydrazone groups is 1. The molecule has 0 unspecified atom stereocenters. The third kappa shape index (κ3) is 4.08. The average Bonchev–Trinajstić information content (AvgIpc) is 2.94. The minimum Gasteiger partial charge on any atom is -0.306 e. The Kier molecular flexibility index (Phi) is 4.84. The van der Waals surface area contributed by atoms with Gasteiger partial charge in [-0.2, -0.15) is 5.10 Å². The fourth-order valence-corrected chi connectivity index (χ4v) is 2.43. The molecule has 2 N–H and O–H groups in total. The second-order valence-corrected chi connectivity index (χ2v) is 5.44. The van der Waals surface area contributed by atoms with E-state index in [1.54, 1.807) is 0 Å². The molecule has 7 nitrogen and oxygen atoms in total. The van der Waals surface area contributed by atoms with E-state index in [1.165, 1.54) is 0 Å². The number of hydrogen-bond acceptors (Lipinski definition) is 4. The summed E-state index contributed by atoms with van der Waals surface area (Å²) >= 11 is 0. The number of imide groups is 1. The molecule has 1 aliphatic heterocycles. The van der Waals surface area contributed by atoms with Gasteiger partial charge in [-0.1, -0.05) is 60.7 Å². The van der Waals surface area contributed by atoms with Gasteiger partial charge < -0.3 is 4.90 Å². The van der Waals surface area contributed by atoms with Crippen LogP contribution in [0.3, 0.4) is 0 Å². The molecular formula is C18H16N4O3. The summed E-state index contributed by atoms with van der Waals surface area (Å²) in [5.41, 5.74) is 4.77. The van der Waals surface area contributed by atoms with E-state index < -0.39 is 17.8 Å². The standard InChI is InChI=1S/C18H16N4O3/c23-15-11-22(18(25)19-15)12-16(24)20-21-17(13-7-3-1-4-8-13)14-9-5-2-6-10-14/h1-10H,11-12H2,(H,20,24)(H,19,23,25). The lowest BCUT2D eigenvalue weighted by Gasteiger charge is -2.12. The molecule has 0 bridgehead atoms. The van der Waals surface area contributed by atoms with Crippen molar-refractivity contribution >= 4 is 23.6 Å². The summed E-state index contributed by atoms with van der Waals surface area (Å²) < 4.78 is 0. The van der Waals surface area contributed by atoms with Gasteiger partial charge in [0.05, 0.1) is 5.71 Å². The van der Waals surface area contributed by atoms with Gasteiger partial charge in [0.1, 0.15) is 13.1 Å². The number of benzene rings is 2. The quantitative estimate of drug-likeness (QED) is 0.487. The molecule has 25 heavy (non-hydrogen) atoms. The first-order valence-corrected chi connectivity index (χ1v) is 7.69. The van der Waals surface area contributed by atoms with Crippen LogP contribution < -0.4 is 10.7 Å². The van der Waals surface area contributed by atoms with Crippen molar-refractivity contribution in [3.8, 4) is 0 Å². The van der Waals surface area contributed by atoms with Crippen LogP contribution in [0, 0.1) is 0 Å². The summed E-state index contributed by atoms with van der Waals surface area (Å²) in [6, 6.07) is 18.3. The normalized spacial score (nSPS) is 13.4. The van der Waals surface area contributed by atoms with Gasteiger partial charge in [0.2, 0.25) is 5.91 Å². The van der Waals surface area contributed by atoms with Crippen LogP contribution in [0.15, 0.2) is 65.8 Å². The highest BCUT2D eigenvalue weighted by molar-refractivity contribution is 6.13. The average molecular weight is 336 g/mol. The summed E-state index contributed by atoms with van der Waals surface area (Å²) in [5.74, 6) is -0.898. The van der Waals surface area contributed by atoms with Gasteiger partial charge >= 0.3 is 6.03 Å². The molecule has 3 rings (SSSR count). The third-order valence-corrected chi connectivity index (χ3v) is 3.59. The van der Waals surface area contributed by atoms with E-state index in [1.807, 2.05) is 60.7 Å². The molecule has 0 spiro atoms. The fraction of sp³-hybridized carbons (Fsp3) is 0.111. The van der Waals surface area contributed by atoms with E-state index >= 15 is 0 Å². The first-order chi connectivity index (χ1) is 12.1. The van der Waals surface area contributed by atoms with Crippen molar-refractivity contribution in [1.82, 2.24) is 15.6 Å². The third-order valence-electron chi connectivity index (χ3n) is 3.59. The molecule has 2 aromatic carbocycles. The number of urea groups is 1. The van der Waals surface area contributed by atoms with E-state index in [0.717, 1.165) is 16.0 Å². The number of nitrogens with one attached hydrogen (secondary N) is 2. The Hall–Kier alpha value is -3.48. The first kappa shape index (κ1) is 16.4. The Bertz CT molecular complexity index is 777. The molecule has 0 aliphatic carbocycles. The largest absolute Gasteiger partial charge is 0.325 e. The summed E-state index contributed by atoms with van der Waals surface area (Å²) in [4.78, 5) is 35.8. The Balaban J connectivity index is 1.76. The van der Waals surface area contributed by atoms with E-state index in [4.69, 9.17) is 0 Å². The molecule has 4 amide bonds. The smallest absolute Gasteiger partial charge is 0.306 e. The number of amides is 4. The second-order valence-electron chi connectivity index (χ2n) is 5.44. The lowest BCUT2D eigenvalue weighted by molar-refractivity contribution is -0.121. The molecule has 1 fully saturated rings. The SMILES string of the molecule is O=C(CN1CC(=O)NC1=O)NN=C(c1ccccc1)c1ccccc1. The van der Waals surface area contributed by atoms with Gasteiger partial charge in [0.15, 0.2) is 0 Å². The van der Waals surface area contributed by atoms with Crippen molar-refractivity contribution in [1.29, 1.82) is 0 Å². The van der Waals surface area contributed by atoms with E-state index in [-0.39, 0.29) is 13.1 Å². The maximum absolute atomic E-state index is 12.1. The highest BCUT2D eigenvalue weighted by atomic mass is 16.2. The molecule has 0 aromatic heterocycles. The second kappa shape index (κ2) is 7.39. The Morgan fingerprint density at radius 2 is 1.56 bits per heavy atom. The van der Waals surface area contributed by atoms with Crippen LogP contribution >= 0.6 is 0 Å². The predicted octanol–water partition coefficient (Wildman–Crippen LogP) is 1.11. The number of carbonyl (C=O) groups excluding carboxylic acids is 3. The maximum atomic E-state index is 12.1. The molecular weight excluding hydrogens is 320 g/mol. The van der Waals surface area contributed by atoms with Crippen molar-refractivity contribution in [3.05, 3.63) is 71.8 Å². The van der Waals surface area contributed by atoms with Crippen LogP contribution in [-0.2, 0) is 9.59 Å². The van der Waals surface area contributed by atoms with Crippen molar-refractivity contribution < 1.29 is 14.4 Å². The summed E-state index contributed by atoms with van der Waals surface area (Å²) in [7, 11) is 0. The zero-order valence-electron chi connectivity index (χ0n) is 13.3. The molecule has 0 radical (unpaired) electrons. The minimum atomic E-state index is -0.574. The fourth-order valence-electron chi connectivity index (χ4n) is 2.43. The van der Waals surface area contributed by atoms with Gasteiger partial charge in [0.25, 0.3) is 5.91 Å². The van der Waals surface area contributed by atoms with E-state index in [2.05, 4.69) is 15.8 Å². The van der Waals surface area contributed by atoms with Crippen LogP contribution in [-0.4, -0.2) is 41.5 Å². The number of nitrogens with zero attached hydrogens (tertiary/aromatic N) is 2. The van der Waals surface area contributed by atoms with Crippen molar-refractivity contribution in [2.75, 3.05) is 13.1 Å². The number of rotatable bonds is 5. The van der Waals surface area contributed by atoms with Gasteiger partial charge in [-0.25, -0.2) is 10.2 Å². The minimum absolute atomic E-state index is 0.125. The van der Waals surface area contributed by atoms with E-state index in [9.17, 15) is 14.4 Å². The number of hydrogen-bond donors (Lipinski definition) is 2. The van der Waals surface area contributed by atoms with Crippen molar-refractivity contribution in [3.63, 3.8) is 0 Å². The molecule has 2 aromatic rings. The zero-order valence-corrected chi connectivity index (χ0v) is 13.3. The Morgan fingerprint density at radius 1 is 1.00 bits per heavy atom. The molecule has 0 atom stereocenters. The summed E-state index contributed by atoms with van der Waals surface area (Å²) in [6.07, 6.45) is 0. The van der Waals surface area contributed by atoms with Crippen LogP contribution in [0.25, 0.3) is 0 Å². The number of carbonyl (C=O) groups is 3. The summed E-state index contributed by atoms with van der Waals surface area (Å²) in [6.45, 7) is -0.363. The highest BCUT2D eigenvalue weighted by Crippen LogP contribution is 2.10. The molecule has 1 heterocycles. The molecule has 126 valence electrons. The van der Waals surface area contributed by atoms with Gasteiger partial charge in [0, 0.05) is 11.1 Å². The monoisotopic (exact) mass is 336 g/mol. The topological polar surface area (TPSA) is 90.9 Å². The Morgan fingerprint density at radius 3 is 2.04 bits per heavy atom. The van der Waals surface area contributed by atoms with Gasteiger partial charge in [-0.05, 0) is 0 Å². The zero-order chi connectivity index (χ0) is 17.6. The molecule has 7 heteroatoms. The van der Waals surface area contributed by atoms with E-state index in [0.29, 0.717) is 5.71 Å². The first-order valence-electron chi connectivity index (χ1n) is 7.69. The van der Waals surface area contributed by atoms with Crippen molar-refractivity contribution in [2.45, 2.75) is 0 Å². The van der Waals surface area contributed by atoms with Crippen molar-refractivity contribution in [2.24, 2.45) is 5.10 Å². The van der Waals surface area contributed by atoms with Gasteiger partial charge in [-0.3, -0.25) is 14.9 Å². The Labute approximate surface area is 144 Å². The van der Waals surface area contributed by atoms with Crippen LogP contribution in [0.4, 0.5) is 4.79 Å². The van der Waals surface area contributed by atoms with Gasteiger partial charge in [-0.15, -0.1) is 0 Å². The molecule has 1 aliphatic rings.